The number of sulfonamides is 2. The van der Waals surface area contributed by atoms with E-state index in [0.29, 0.717) is 29.8 Å². The van der Waals surface area contributed by atoms with Crippen molar-refractivity contribution in [1.82, 2.24) is 4.90 Å². The van der Waals surface area contributed by atoms with Crippen molar-refractivity contribution in [2.24, 2.45) is 5.14 Å². The maximum Gasteiger partial charge on any atom is 0.254 e. The highest BCUT2D eigenvalue weighted by molar-refractivity contribution is 7.93. The molecule has 29 heavy (non-hydrogen) atoms. The van der Waals surface area contributed by atoms with Gasteiger partial charge in [0.25, 0.3) is 5.91 Å². The van der Waals surface area contributed by atoms with Gasteiger partial charge in [-0.2, -0.15) is 0 Å². The third-order valence-electron chi connectivity index (χ3n) is 5.05. The minimum atomic E-state index is -3.85. The molecule has 1 atom stereocenters. The summed E-state index contributed by atoms with van der Waals surface area (Å²) < 4.78 is 48.8. The summed E-state index contributed by atoms with van der Waals surface area (Å²) in [4.78, 5) is 14.4. The van der Waals surface area contributed by atoms with Crippen molar-refractivity contribution < 1.29 is 21.6 Å². The average Bonchev–Trinajstić information content (AvgIpc) is 3.04. The van der Waals surface area contributed by atoms with Gasteiger partial charge in [0.05, 0.1) is 22.4 Å². The molecule has 2 N–H and O–H groups in total. The summed E-state index contributed by atoms with van der Waals surface area (Å²) >= 11 is 0. The number of amides is 1. The summed E-state index contributed by atoms with van der Waals surface area (Å²) in [5.41, 5.74) is 1.43. The lowest BCUT2D eigenvalue weighted by atomic mass is 10.1. The Labute approximate surface area is 171 Å². The molecule has 2 aromatic rings. The molecular weight excluding hydrogens is 414 g/mol. The second-order valence-corrected chi connectivity index (χ2v) is 10.6. The maximum absolute atomic E-state index is 13.0. The summed E-state index contributed by atoms with van der Waals surface area (Å²) in [6, 6.07) is 12.2. The molecule has 0 spiro atoms. The van der Waals surface area contributed by atoms with Gasteiger partial charge in [-0.25, -0.2) is 22.0 Å². The van der Waals surface area contributed by atoms with Crippen molar-refractivity contribution in [1.29, 1.82) is 0 Å². The first-order valence-electron chi connectivity index (χ1n) is 9.01. The van der Waals surface area contributed by atoms with Crippen LogP contribution in [0.3, 0.4) is 0 Å². The van der Waals surface area contributed by atoms with E-state index in [9.17, 15) is 21.6 Å². The molecule has 156 valence electrons. The van der Waals surface area contributed by atoms with Crippen LogP contribution in [0.25, 0.3) is 0 Å². The first-order chi connectivity index (χ1) is 13.5. The number of primary sulfonamides is 1. The van der Waals surface area contributed by atoms with Gasteiger partial charge in [0.1, 0.15) is 0 Å². The lowest BCUT2D eigenvalue weighted by Gasteiger charge is -2.26. The molecule has 0 radical (unpaired) electrons. The molecule has 1 unspecified atom stereocenters. The van der Waals surface area contributed by atoms with Crippen LogP contribution < -0.4 is 9.44 Å². The van der Waals surface area contributed by atoms with Crippen LogP contribution in [-0.4, -0.2) is 47.0 Å². The highest BCUT2D eigenvalue weighted by Crippen LogP contribution is 2.27. The fraction of sp³-hybridized carbons (Fsp3) is 0.316. The number of nitrogens with two attached hydrogens (primary N) is 1. The van der Waals surface area contributed by atoms with E-state index < -0.39 is 26.1 Å². The Hall–Kier alpha value is -2.43. The molecule has 1 amide bonds. The molecule has 1 saturated heterocycles. The van der Waals surface area contributed by atoms with Gasteiger partial charge < -0.3 is 4.90 Å². The highest BCUT2D eigenvalue weighted by atomic mass is 32.2. The van der Waals surface area contributed by atoms with Gasteiger partial charge >= 0.3 is 0 Å². The van der Waals surface area contributed by atoms with E-state index in [1.54, 1.807) is 50.4 Å². The Bertz CT molecular complexity index is 1150. The molecule has 3 rings (SSSR count). The molecular formula is C19H23N3O5S2. The predicted octanol–water partition coefficient (Wildman–Crippen LogP) is 1.71. The fourth-order valence-electron chi connectivity index (χ4n) is 3.28. The maximum atomic E-state index is 13.0. The molecule has 0 saturated carbocycles. The van der Waals surface area contributed by atoms with Crippen LogP contribution in [0, 0.1) is 0 Å². The Balaban J connectivity index is 1.86. The molecule has 8 nitrogen and oxygen atoms in total. The van der Waals surface area contributed by atoms with Gasteiger partial charge in [0, 0.05) is 19.2 Å². The van der Waals surface area contributed by atoms with Crippen LogP contribution >= 0.6 is 0 Å². The molecule has 1 fully saturated rings. The van der Waals surface area contributed by atoms with E-state index in [1.165, 1.54) is 21.3 Å². The van der Waals surface area contributed by atoms with E-state index in [2.05, 4.69) is 0 Å². The van der Waals surface area contributed by atoms with Gasteiger partial charge in [-0.05, 0) is 49.2 Å². The summed E-state index contributed by atoms with van der Waals surface area (Å²) in [5.74, 6) is -0.209. The van der Waals surface area contributed by atoms with Crippen LogP contribution in [0.15, 0.2) is 53.4 Å². The molecule has 0 aliphatic carbocycles. The molecule has 1 aliphatic rings. The molecule has 10 heteroatoms. The standard InChI is InChI=1S/C19H23N3O5S2/c1-14(15-6-4-9-18(13-15)29(20,26)27)21(2)19(23)16-7-3-8-17(12-16)22-10-5-11-28(22,24)25/h3-4,6-9,12-14H,5,10-11H2,1-2H3,(H2,20,26,27). The zero-order valence-corrected chi connectivity index (χ0v) is 17.8. The summed E-state index contributed by atoms with van der Waals surface area (Å²) in [6.45, 7) is 2.17. The van der Waals surface area contributed by atoms with Gasteiger partial charge in [-0.3, -0.25) is 9.10 Å². The third kappa shape index (κ3) is 4.44. The topological polar surface area (TPSA) is 118 Å². The first-order valence-corrected chi connectivity index (χ1v) is 12.2. The van der Waals surface area contributed by atoms with Crippen LogP contribution in [-0.2, 0) is 20.0 Å². The van der Waals surface area contributed by atoms with Crippen LogP contribution in [0.5, 0.6) is 0 Å². The average molecular weight is 438 g/mol. The molecule has 0 aromatic heterocycles. The van der Waals surface area contributed by atoms with Crippen molar-refractivity contribution >= 4 is 31.6 Å². The van der Waals surface area contributed by atoms with E-state index in [1.807, 2.05) is 0 Å². The number of hydrogen-bond acceptors (Lipinski definition) is 5. The lowest BCUT2D eigenvalue weighted by molar-refractivity contribution is 0.0742. The number of carbonyl (C=O) groups is 1. The van der Waals surface area contributed by atoms with Gasteiger partial charge in [-0.15, -0.1) is 0 Å². The number of nitrogens with zero attached hydrogens (tertiary/aromatic N) is 2. The van der Waals surface area contributed by atoms with Crippen LogP contribution in [0.2, 0.25) is 0 Å². The number of carbonyl (C=O) groups excluding carboxylic acids is 1. The predicted molar refractivity (Wildman–Crippen MR) is 111 cm³/mol. The normalized spacial score (nSPS) is 17.1. The Morgan fingerprint density at radius 1 is 1.17 bits per heavy atom. The SMILES string of the molecule is CC(c1cccc(S(N)(=O)=O)c1)N(C)C(=O)c1cccc(N2CCCS2(=O)=O)c1. The van der Waals surface area contributed by atoms with E-state index in [4.69, 9.17) is 5.14 Å². The number of anilines is 1. The van der Waals surface area contributed by atoms with Crippen molar-refractivity contribution in [3.8, 4) is 0 Å². The quantitative estimate of drug-likeness (QED) is 0.764. The lowest BCUT2D eigenvalue weighted by Crippen LogP contribution is -2.30. The number of hydrogen-bond donors (Lipinski definition) is 1. The number of benzene rings is 2. The van der Waals surface area contributed by atoms with Gasteiger partial charge in [-0.1, -0.05) is 18.2 Å². The summed E-state index contributed by atoms with van der Waals surface area (Å²) in [7, 11) is -5.58. The largest absolute Gasteiger partial charge is 0.335 e. The zero-order chi connectivity index (χ0) is 21.4. The Morgan fingerprint density at radius 2 is 1.86 bits per heavy atom. The monoisotopic (exact) mass is 437 g/mol. The second-order valence-electron chi connectivity index (χ2n) is 7.00. The highest BCUT2D eigenvalue weighted by Gasteiger charge is 2.29. The van der Waals surface area contributed by atoms with E-state index in [0.717, 1.165) is 0 Å². The molecule has 1 aliphatic heterocycles. The second kappa shape index (κ2) is 7.77. The fourth-order valence-corrected chi connectivity index (χ4v) is 5.40. The van der Waals surface area contributed by atoms with Crippen LogP contribution in [0.1, 0.15) is 35.3 Å². The Kier molecular flexibility index (Phi) is 5.70. The Morgan fingerprint density at radius 3 is 2.48 bits per heavy atom. The van der Waals surface area contributed by atoms with Gasteiger partial charge in [0.2, 0.25) is 20.0 Å². The van der Waals surface area contributed by atoms with Crippen molar-refractivity contribution in [3.63, 3.8) is 0 Å². The van der Waals surface area contributed by atoms with Gasteiger partial charge in [0.15, 0.2) is 0 Å². The molecule has 1 heterocycles. The number of rotatable bonds is 5. The van der Waals surface area contributed by atoms with Crippen molar-refractivity contribution in [2.75, 3.05) is 23.7 Å². The molecule has 2 aromatic carbocycles. The summed E-state index contributed by atoms with van der Waals surface area (Å²) in [6.07, 6.45) is 0.553. The van der Waals surface area contributed by atoms with E-state index in [-0.39, 0.29) is 16.6 Å². The van der Waals surface area contributed by atoms with Crippen LogP contribution in [0.4, 0.5) is 5.69 Å². The molecule has 0 bridgehead atoms. The zero-order valence-electron chi connectivity index (χ0n) is 16.1. The van der Waals surface area contributed by atoms with E-state index >= 15 is 0 Å². The first kappa shape index (κ1) is 21.3. The third-order valence-corrected chi connectivity index (χ3v) is 7.83. The van der Waals surface area contributed by atoms with Crippen molar-refractivity contribution in [2.45, 2.75) is 24.3 Å². The summed E-state index contributed by atoms with van der Waals surface area (Å²) in [5, 5.41) is 5.19. The minimum Gasteiger partial charge on any atom is -0.335 e. The van der Waals surface area contributed by atoms with Crippen molar-refractivity contribution in [3.05, 3.63) is 59.7 Å². The minimum absolute atomic E-state index is 0.0241. The smallest absolute Gasteiger partial charge is 0.254 e.